The highest BCUT2D eigenvalue weighted by atomic mass is 35.5. The second-order valence-corrected chi connectivity index (χ2v) is 8.96. The first-order chi connectivity index (χ1) is 14.3. The molecule has 2 heterocycles. The molecule has 4 aromatic rings. The first-order valence-electron chi connectivity index (χ1n) is 9.22. The predicted octanol–water partition coefficient (Wildman–Crippen LogP) is 3.11. The summed E-state index contributed by atoms with van der Waals surface area (Å²) < 4.78 is 34.0. The highest BCUT2D eigenvalue weighted by Crippen LogP contribution is 2.24. The van der Waals surface area contributed by atoms with E-state index < -0.39 is 15.8 Å². The molecule has 0 spiro atoms. The molecule has 0 saturated carbocycles. The van der Waals surface area contributed by atoms with Crippen LogP contribution in [0.3, 0.4) is 0 Å². The quantitative estimate of drug-likeness (QED) is 0.422. The number of fused-ring (bicyclic) bond motifs is 2. The zero-order valence-electron chi connectivity index (χ0n) is 16.1. The monoisotopic (exact) mass is 446 g/mol. The molecule has 10 heteroatoms. The summed E-state index contributed by atoms with van der Waals surface area (Å²) in [7, 11) is -2.15. The van der Waals surface area contributed by atoms with Crippen molar-refractivity contribution in [2.75, 3.05) is 18.4 Å². The lowest BCUT2D eigenvalue weighted by Gasteiger charge is -2.10. The molecule has 0 amide bonds. The fraction of sp³-hybridized carbons (Fsp3) is 0.200. The van der Waals surface area contributed by atoms with Crippen molar-refractivity contribution in [1.82, 2.24) is 14.3 Å². The second kappa shape index (κ2) is 8.10. The number of pyridine rings is 1. The molecule has 0 atom stereocenters. The van der Waals surface area contributed by atoms with E-state index in [0.717, 1.165) is 16.6 Å². The minimum atomic E-state index is -3.71. The van der Waals surface area contributed by atoms with E-state index in [1.807, 2.05) is 12.1 Å². The number of benzene rings is 2. The Bertz CT molecular complexity index is 1400. The number of aryl methyl sites for hydroxylation is 1. The zero-order valence-corrected chi connectivity index (χ0v) is 17.6. The van der Waals surface area contributed by atoms with Crippen LogP contribution >= 0.6 is 11.6 Å². The molecule has 0 aliphatic carbocycles. The maximum absolute atomic E-state index is 12.5. The summed E-state index contributed by atoms with van der Waals surface area (Å²) in [5, 5.41) is 4.86. The molecule has 0 aliphatic heterocycles. The standard InChI is InChI=1S/C20H19ClN4O4S/c1-25-18-6-4-14(12-19(18)29-20(25)26)30(27,28)24-9-2-8-22-16-7-10-23-17-11-13(21)3-5-15(16)17/h3-7,10-12,24H,2,8-9H2,1H3,(H,22,23). The Hall–Kier alpha value is -2.88. The molecule has 0 unspecified atom stereocenters. The lowest BCUT2D eigenvalue weighted by molar-refractivity contribution is 0.527. The number of halogens is 1. The molecule has 2 aromatic heterocycles. The van der Waals surface area contributed by atoms with E-state index >= 15 is 0 Å². The maximum atomic E-state index is 12.5. The topological polar surface area (TPSA) is 106 Å². The van der Waals surface area contributed by atoms with Gasteiger partial charge in [-0.1, -0.05) is 11.6 Å². The minimum absolute atomic E-state index is 0.0503. The first-order valence-corrected chi connectivity index (χ1v) is 11.1. The summed E-state index contributed by atoms with van der Waals surface area (Å²) in [6.07, 6.45) is 2.26. The van der Waals surface area contributed by atoms with Gasteiger partial charge < -0.3 is 9.73 Å². The Morgan fingerprint density at radius 2 is 1.97 bits per heavy atom. The molecule has 2 aromatic carbocycles. The van der Waals surface area contributed by atoms with Gasteiger partial charge in [0.15, 0.2) is 5.58 Å². The van der Waals surface area contributed by atoms with Gasteiger partial charge in [-0.15, -0.1) is 0 Å². The van der Waals surface area contributed by atoms with Gasteiger partial charge in [-0.25, -0.2) is 17.9 Å². The predicted molar refractivity (Wildman–Crippen MR) is 117 cm³/mol. The second-order valence-electron chi connectivity index (χ2n) is 6.75. The third kappa shape index (κ3) is 4.04. The molecular weight excluding hydrogens is 428 g/mol. The normalized spacial score (nSPS) is 11.9. The van der Waals surface area contributed by atoms with Gasteiger partial charge >= 0.3 is 5.76 Å². The van der Waals surface area contributed by atoms with Crippen molar-refractivity contribution < 1.29 is 12.8 Å². The van der Waals surface area contributed by atoms with Crippen LogP contribution < -0.4 is 15.8 Å². The van der Waals surface area contributed by atoms with E-state index in [1.165, 1.54) is 16.7 Å². The minimum Gasteiger partial charge on any atom is -0.408 e. The van der Waals surface area contributed by atoms with E-state index in [2.05, 4.69) is 15.0 Å². The highest BCUT2D eigenvalue weighted by molar-refractivity contribution is 7.89. The smallest absolute Gasteiger partial charge is 0.408 e. The largest absolute Gasteiger partial charge is 0.419 e. The Kier molecular flexibility index (Phi) is 5.50. The van der Waals surface area contributed by atoms with Crippen molar-refractivity contribution in [1.29, 1.82) is 0 Å². The van der Waals surface area contributed by atoms with Crippen LogP contribution in [-0.4, -0.2) is 31.1 Å². The number of sulfonamides is 1. The summed E-state index contributed by atoms with van der Waals surface area (Å²) in [4.78, 5) is 15.9. The van der Waals surface area contributed by atoms with Crippen LogP contribution in [0.4, 0.5) is 5.69 Å². The average Bonchev–Trinajstić information content (AvgIpc) is 3.00. The van der Waals surface area contributed by atoms with Gasteiger partial charge in [0.05, 0.1) is 15.9 Å². The van der Waals surface area contributed by atoms with Gasteiger partial charge in [-0.3, -0.25) is 9.55 Å². The van der Waals surface area contributed by atoms with Crippen LogP contribution in [-0.2, 0) is 17.1 Å². The van der Waals surface area contributed by atoms with Crippen molar-refractivity contribution >= 4 is 49.3 Å². The molecule has 4 rings (SSSR count). The average molecular weight is 447 g/mol. The van der Waals surface area contributed by atoms with Crippen molar-refractivity contribution in [2.24, 2.45) is 7.05 Å². The molecule has 156 valence electrons. The number of oxazole rings is 1. The summed E-state index contributed by atoms with van der Waals surface area (Å²) in [5.41, 5.74) is 2.46. The SMILES string of the molecule is Cn1c(=O)oc2cc(S(=O)(=O)NCCCNc3ccnc4cc(Cl)ccc34)ccc21. The molecular formula is C20H19ClN4O4S. The van der Waals surface area contributed by atoms with Crippen LogP contribution in [0.15, 0.2) is 62.8 Å². The Morgan fingerprint density at radius 3 is 2.80 bits per heavy atom. The van der Waals surface area contributed by atoms with Crippen molar-refractivity contribution in [3.8, 4) is 0 Å². The van der Waals surface area contributed by atoms with Gasteiger partial charge in [-0.05, 0) is 42.8 Å². The molecule has 0 radical (unpaired) electrons. The van der Waals surface area contributed by atoms with Crippen LogP contribution in [0.2, 0.25) is 5.02 Å². The number of aromatic nitrogens is 2. The summed E-state index contributed by atoms with van der Waals surface area (Å²) in [6, 6.07) is 11.7. The molecule has 2 N–H and O–H groups in total. The van der Waals surface area contributed by atoms with E-state index in [0.29, 0.717) is 23.5 Å². The number of anilines is 1. The molecule has 0 fully saturated rings. The Labute approximate surface area is 177 Å². The summed E-state index contributed by atoms with van der Waals surface area (Å²) >= 11 is 6.00. The number of hydrogen-bond donors (Lipinski definition) is 2. The van der Waals surface area contributed by atoms with Gasteiger partial charge in [0, 0.05) is 48.5 Å². The molecule has 8 nitrogen and oxygen atoms in total. The highest BCUT2D eigenvalue weighted by Gasteiger charge is 2.16. The first kappa shape index (κ1) is 20.4. The van der Waals surface area contributed by atoms with Gasteiger partial charge in [-0.2, -0.15) is 0 Å². The fourth-order valence-electron chi connectivity index (χ4n) is 3.16. The third-order valence-corrected chi connectivity index (χ3v) is 6.43. The van der Waals surface area contributed by atoms with Crippen LogP contribution in [0.1, 0.15) is 6.42 Å². The molecule has 0 aliphatic rings. The van der Waals surface area contributed by atoms with Crippen molar-refractivity contribution in [3.05, 3.63) is 64.2 Å². The third-order valence-electron chi connectivity index (χ3n) is 4.74. The van der Waals surface area contributed by atoms with Gasteiger partial charge in [0.25, 0.3) is 0 Å². The molecule has 30 heavy (non-hydrogen) atoms. The van der Waals surface area contributed by atoms with E-state index in [4.69, 9.17) is 16.0 Å². The van der Waals surface area contributed by atoms with Crippen molar-refractivity contribution in [3.63, 3.8) is 0 Å². The molecule has 0 saturated heterocycles. The number of hydrogen-bond acceptors (Lipinski definition) is 6. The van der Waals surface area contributed by atoms with E-state index in [1.54, 1.807) is 31.4 Å². The van der Waals surface area contributed by atoms with E-state index in [9.17, 15) is 13.2 Å². The van der Waals surface area contributed by atoms with Crippen molar-refractivity contribution in [2.45, 2.75) is 11.3 Å². The Morgan fingerprint density at radius 1 is 1.13 bits per heavy atom. The molecule has 0 bridgehead atoms. The maximum Gasteiger partial charge on any atom is 0.419 e. The fourth-order valence-corrected chi connectivity index (χ4v) is 4.41. The van der Waals surface area contributed by atoms with Gasteiger partial charge in [0.1, 0.15) is 0 Å². The number of nitrogens with zero attached hydrogens (tertiary/aromatic N) is 2. The van der Waals surface area contributed by atoms with Crippen LogP contribution in [0.25, 0.3) is 22.0 Å². The number of nitrogens with one attached hydrogen (secondary N) is 2. The van der Waals surface area contributed by atoms with Crippen LogP contribution in [0, 0.1) is 0 Å². The Balaban J connectivity index is 1.37. The lowest BCUT2D eigenvalue weighted by atomic mass is 10.2. The van der Waals surface area contributed by atoms with Crippen LogP contribution in [0.5, 0.6) is 0 Å². The zero-order chi connectivity index (χ0) is 21.3. The van der Waals surface area contributed by atoms with Gasteiger partial charge in [0.2, 0.25) is 10.0 Å². The number of rotatable bonds is 7. The summed E-state index contributed by atoms with van der Waals surface area (Å²) in [5.74, 6) is -0.538. The van der Waals surface area contributed by atoms with E-state index in [-0.39, 0.29) is 17.0 Å². The summed E-state index contributed by atoms with van der Waals surface area (Å²) in [6.45, 7) is 0.817. The lowest BCUT2D eigenvalue weighted by Crippen LogP contribution is -2.26.